The predicted octanol–water partition coefficient (Wildman–Crippen LogP) is 1.73. The van der Waals surface area contributed by atoms with Gasteiger partial charge in [-0.2, -0.15) is 0 Å². The second-order valence-corrected chi connectivity index (χ2v) is 5.69. The molecule has 0 aromatic carbocycles. The number of hydrogen-bond donors (Lipinski definition) is 1. The number of nitrogens with one attached hydrogen (secondary N) is 1. The van der Waals surface area contributed by atoms with Crippen LogP contribution in [0.5, 0.6) is 0 Å². The van der Waals surface area contributed by atoms with Gasteiger partial charge in [-0.05, 0) is 24.3 Å². The molecule has 5 heteroatoms. The fourth-order valence-corrected chi connectivity index (χ4v) is 3.23. The van der Waals surface area contributed by atoms with Crippen LogP contribution in [0.25, 0.3) is 11.3 Å². The second kappa shape index (κ2) is 4.93. The van der Waals surface area contributed by atoms with Crippen LogP contribution >= 0.6 is 0 Å². The van der Waals surface area contributed by atoms with E-state index in [9.17, 15) is 4.79 Å². The van der Waals surface area contributed by atoms with Crippen LogP contribution in [0.4, 0.5) is 0 Å². The van der Waals surface area contributed by atoms with E-state index in [4.69, 9.17) is 0 Å². The Morgan fingerprint density at radius 1 is 1.19 bits per heavy atom. The van der Waals surface area contributed by atoms with Gasteiger partial charge >= 0.3 is 0 Å². The SMILES string of the molecule is O=C(NN1CC2C=CCC2C1)c1nnc2cccccc1-2. The predicted molar refractivity (Wildman–Crippen MR) is 78.4 cm³/mol. The van der Waals surface area contributed by atoms with Crippen molar-refractivity contribution < 1.29 is 4.79 Å². The molecule has 21 heavy (non-hydrogen) atoms. The van der Waals surface area contributed by atoms with Gasteiger partial charge in [0.1, 0.15) is 0 Å². The lowest BCUT2D eigenvalue weighted by Crippen LogP contribution is -2.41. The number of rotatable bonds is 2. The van der Waals surface area contributed by atoms with Gasteiger partial charge < -0.3 is 0 Å². The first kappa shape index (κ1) is 12.5. The number of carbonyl (C=O) groups excluding carboxylic acids is 1. The molecule has 0 radical (unpaired) electrons. The van der Waals surface area contributed by atoms with Crippen molar-refractivity contribution in [2.75, 3.05) is 13.1 Å². The molecule has 0 saturated carbocycles. The van der Waals surface area contributed by atoms with Gasteiger partial charge in [0.2, 0.25) is 0 Å². The molecule has 2 aliphatic carbocycles. The van der Waals surface area contributed by atoms with E-state index in [1.807, 2.05) is 35.3 Å². The third-order valence-electron chi connectivity index (χ3n) is 4.32. The summed E-state index contributed by atoms with van der Waals surface area (Å²) in [5.74, 6) is 1.05. The first-order valence-corrected chi connectivity index (χ1v) is 7.25. The fourth-order valence-electron chi connectivity index (χ4n) is 3.23. The Morgan fingerprint density at radius 3 is 3.00 bits per heavy atom. The number of amides is 1. The minimum absolute atomic E-state index is 0.173. The molecule has 2 unspecified atom stereocenters. The molecule has 1 saturated heterocycles. The quantitative estimate of drug-likeness (QED) is 0.851. The highest BCUT2D eigenvalue weighted by Crippen LogP contribution is 2.31. The number of aromatic nitrogens is 2. The molecule has 2 aliphatic heterocycles. The molecule has 2 atom stereocenters. The molecule has 0 aromatic heterocycles. The Bertz CT molecular complexity index is 684. The Balaban J connectivity index is 1.52. The summed E-state index contributed by atoms with van der Waals surface area (Å²) in [6.45, 7) is 1.79. The molecule has 1 fully saturated rings. The van der Waals surface area contributed by atoms with Crippen LogP contribution in [0.1, 0.15) is 16.9 Å². The molecule has 1 N–H and O–H groups in total. The summed E-state index contributed by atoms with van der Waals surface area (Å²) >= 11 is 0. The minimum atomic E-state index is -0.173. The van der Waals surface area contributed by atoms with Gasteiger partial charge in [-0.15, -0.1) is 10.2 Å². The van der Waals surface area contributed by atoms with Crippen LogP contribution in [-0.2, 0) is 0 Å². The van der Waals surface area contributed by atoms with E-state index in [-0.39, 0.29) is 5.91 Å². The molecule has 4 aliphatic rings. The van der Waals surface area contributed by atoms with Crippen LogP contribution in [-0.4, -0.2) is 34.2 Å². The monoisotopic (exact) mass is 280 g/mol. The third-order valence-corrected chi connectivity index (χ3v) is 4.32. The van der Waals surface area contributed by atoms with E-state index < -0.39 is 0 Å². The Labute approximate surface area is 123 Å². The largest absolute Gasteiger partial charge is 0.286 e. The lowest BCUT2D eigenvalue weighted by molar-refractivity contribution is 0.0814. The van der Waals surface area contributed by atoms with Crippen molar-refractivity contribution in [3.05, 3.63) is 48.2 Å². The molecule has 0 bridgehead atoms. The van der Waals surface area contributed by atoms with Gasteiger partial charge in [0, 0.05) is 18.7 Å². The van der Waals surface area contributed by atoms with Gasteiger partial charge in [-0.1, -0.05) is 36.4 Å². The summed E-state index contributed by atoms with van der Waals surface area (Å²) < 4.78 is 0. The number of carbonyl (C=O) groups is 1. The van der Waals surface area contributed by atoms with Gasteiger partial charge in [0.25, 0.3) is 5.91 Å². The van der Waals surface area contributed by atoms with Crippen LogP contribution in [0, 0.1) is 11.8 Å². The number of allylic oxidation sites excluding steroid dienone is 1. The molecular weight excluding hydrogens is 264 g/mol. The average Bonchev–Trinajstić information content (AvgIpc) is 3.10. The molecule has 5 nitrogen and oxygen atoms in total. The van der Waals surface area contributed by atoms with Crippen LogP contribution in [0.15, 0.2) is 42.5 Å². The lowest BCUT2D eigenvalue weighted by atomic mass is 10.0. The summed E-state index contributed by atoms with van der Waals surface area (Å²) in [5.41, 5.74) is 4.90. The molecule has 0 spiro atoms. The maximum absolute atomic E-state index is 12.4. The van der Waals surface area contributed by atoms with Crippen molar-refractivity contribution in [2.45, 2.75) is 6.42 Å². The van der Waals surface area contributed by atoms with Crippen molar-refractivity contribution in [2.24, 2.45) is 11.8 Å². The van der Waals surface area contributed by atoms with Crippen molar-refractivity contribution >= 4 is 5.91 Å². The molecule has 1 amide bonds. The summed E-state index contributed by atoms with van der Waals surface area (Å²) in [5, 5.41) is 10.1. The fraction of sp³-hybridized carbons (Fsp3) is 0.312. The third kappa shape index (κ3) is 2.19. The summed E-state index contributed by atoms with van der Waals surface area (Å²) in [4.78, 5) is 12.4. The second-order valence-electron chi connectivity index (χ2n) is 5.69. The summed E-state index contributed by atoms with van der Waals surface area (Å²) in [6, 6.07) is 9.45. The smallest absolute Gasteiger partial charge is 0.283 e. The highest BCUT2D eigenvalue weighted by molar-refractivity contribution is 5.98. The summed E-state index contributed by atoms with van der Waals surface area (Å²) in [7, 11) is 0. The molecular formula is C16H16N4O. The standard InChI is InChI=1S/C16H16N4O/c21-16(19-20-9-11-5-4-6-12(11)10-20)15-13-7-2-1-3-8-14(13)17-18-15/h1-5,7-8,11-12H,6,9-10H2,(H,19,21). The zero-order chi connectivity index (χ0) is 14.2. The molecule has 0 aromatic rings. The van der Waals surface area contributed by atoms with Crippen molar-refractivity contribution in [1.82, 2.24) is 20.6 Å². The van der Waals surface area contributed by atoms with Crippen LogP contribution in [0.2, 0.25) is 0 Å². The number of fused-ring (bicyclic) bond motifs is 2. The van der Waals surface area contributed by atoms with Gasteiger partial charge in [0.15, 0.2) is 5.69 Å². The maximum Gasteiger partial charge on any atom is 0.286 e. The van der Waals surface area contributed by atoms with Gasteiger partial charge in [-0.25, -0.2) is 5.01 Å². The van der Waals surface area contributed by atoms with E-state index in [0.717, 1.165) is 30.8 Å². The first-order chi connectivity index (χ1) is 10.3. The van der Waals surface area contributed by atoms with Gasteiger partial charge in [-0.3, -0.25) is 10.2 Å². The average molecular weight is 280 g/mol. The zero-order valence-electron chi connectivity index (χ0n) is 11.6. The Kier molecular flexibility index (Phi) is 2.93. The number of nitrogens with zero attached hydrogens (tertiary/aromatic N) is 3. The van der Waals surface area contributed by atoms with Crippen LogP contribution in [0.3, 0.4) is 0 Å². The van der Waals surface area contributed by atoms with E-state index >= 15 is 0 Å². The molecule has 2 heterocycles. The van der Waals surface area contributed by atoms with E-state index in [2.05, 4.69) is 27.8 Å². The lowest BCUT2D eigenvalue weighted by Gasteiger charge is -2.16. The van der Waals surface area contributed by atoms with Crippen molar-refractivity contribution in [3.8, 4) is 11.3 Å². The summed E-state index contributed by atoms with van der Waals surface area (Å²) in [6.07, 6.45) is 5.62. The Hall–Kier alpha value is -2.27. The first-order valence-electron chi connectivity index (χ1n) is 7.25. The topological polar surface area (TPSA) is 58.1 Å². The maximum atomic E-state index is 12.4. The van der Waals surface area contributed by atoms with E-state index in [0.29, 0.717) is 17.5 Å². The van der Waals surface area contributed by atoms with Crippen molar-refractivity contribution in [3.63, 3.8) is 0 Å². The Morgan fingerprint density at radius 2 is 2.10 bits per heavy atom. The van der Waals surface area contributed by atoms with Crippen LogP contribution < -0.4 is 5.43 Å². The van der Waals surface area contributed by atoms with E-state index in [1.165, 1.54) is 0 Å². The highest BCUT2D eigenvalue weighted by atomic mass is 16.2. The molecule has 106 valence electrons. The zero-order valence-corrected chi connectivity index (χ0v) is 11.6. The van der Waals surface area contributed by atoms with Gasteiger partial charge in [0.05, 0.1) is 5.69 Å². The number of hydrazine groups is 1. The van der Waals surface area contributed by atoms with E-state index in [1.54, 1.807) is 0 Å². The normalized spacial score (nSPS) is 24.4. The highest BCUT2D eigenvalue weighted by Gasteiger charge is 2.34. The molecule has 4 rings (SSSR count). The van der Waals surface area contributed by atoms with Crippen molar-refractivity contribution in [1.29, 1.82) is 0 Å². The minimum Gasteiger partial charge on any atom is -0.283 e. The number of hydrogen-bond acceptors (Lipinski definition) is 4.